The monoisotopic (exact) mass is 487 g/mol. The van der Waals surface area contributed by atoms with Crippen LogP contribution in [0.2, 0.25) is 0 Å². The SMILES string of the molecule is Cc1ccccc1Cn1c(CN2CCC(C(=O)N3CCC4(CC3)OCCO4)CC2)cc2ccccc21. The summed E-state index contributed by atoms with van der Waals surface area (Å²) in [5.41, 5.74) is 5.33. The molecule has 6 rings (SSSR count). The van der Waals surface area contributed by atoms with Gasteiger partial charge in [-0.25, -0.2) is 0 Å². The Kier molecular flexibility index (Phi) is 6.59. The number of carbonyl (C=O) groups excluding carboxylic acids is 1. The predicted molar refractivity (Wildman–Crippen MR) is 141 cm³/mol. The van der Waals surface area contributed by atoms with Gasteiger partial charge in [0.15, 0.2) is 5.79 Å². The van der Waals surface area contributed by atoms with Gasteiger partial charge in [0, 0.05) is 56.1 Å². The number of carbonyl (C=O) groups is 1. The topological polar surface area (TPSA) is 46.9 Å². The maximum atomic E-state index is 13.2. The third-order valence-electron chi connectivity index (χ3n) is 8.46. The molecular formula is C30H37N3O3. The van der Waals surface area contributed by atoms with E-state index >= 15 is 0 Å². The van der Waals surface area contributed by atoms with Crippen molar-refractivity contribution in [2.24, 2.45) is 5.92 Å². The zero-order valence-corrected chi connectivity index (χ0v) is 21.3. The van der Waals surface area contributed by atoms with Gasteiger partial charge in [-0.15, -0.1) is 0 Å². The van der Waals surface area contributed by atoms with Crippen LogP contribution in [0.25, 0.3) is 10.9 Å². The Morgan fingerprint density at radius 3 is 2.36 bits per heavy atom. The molecule has 0 unspecified atom stereocenters. The van der Waals surface area contributed by atoms with E-state index in [9.17, 15) is 4.79 Å². The van der Waals surface area contributed by atoms with Crippen LogP contribution in [0.3, 0.4) is 0 Å². The lowest BCUT2D eigenvalue weighted by Crippen LogP contribution is -2.50. The van der Waals surface area contributed by atoms with Gasteiger partial charge >= 0.3 is 0 Å². The van der Waals surface area contributed by atoms with Gasteiger partial charge in [0.1, 0.15) is 0 Å². The molecule has 3 aromatic rings. The molecule has 3 aliphatic rings. The summed E-state index contributed by atoms with van der Waals surface area (Å²) in [7, 11) is 0. The molecule has 3 aliphatic heterocycles. The Morgan fingerprint density at radius 1 is 0.917 bits per heavy atom. The smallest absolute Gasteiger partial charge is 0.225 e. The van der Waals surface area contributed by atoms with Crippen LogP contribution in [0.5, 0.6) is 0 Å². The van der Waals surface area contributed by atoms with Crippen LogP contribution in [0.1, 0.15) is 42.5 Å². The van der Waals surface area contributed by atoms with Crippen molar-refractivity contribution in [1.82, 2.24) is 14.4 Å². The molecule has 0 radical (unpaired) electrons. The van der Waals surface area contributed by atoms with Crippen LogP contribution < -0.4 is 0 Å². The van der Waals surface area contributed by atoms with Crippen LogP contribution >= 0.6 is 0 Å². The van der Waals surface area contributed by atoms with E-state index < -0.39 is 5.79 Å². The second-order valence-electron chi connectivity index (χ2n) is 10.7. The van der Waals surface area contributed by atoms with Crippen molar-refractivity contribution in [2.75, 3.05) is 39.4 Å². The Labute approximate surface area is 213 Å². The molecule has 3 saturated heterocycles. The molecule has 1 aromatic heterocycles. The number of nitrogens with zero attached hydrogens (tertiary/aromatic N) is 3. The van der Waals surface area contributed by atoms with Gasteiger partial charge in [0.25, 0.3) is 0 Å². The molecule has 36 heavy (non-hydrogen) atoms. The first-order valence-corrected chi connectivity index (χ1v) is 13.5. The number of ether oxygens (including phenoxy) is 2. The molecule has 190 valence electrons. The van der Waals surface area contributed by atoms with Crippen molar-refractivity contribution >= 4 is 16.8 Å². The van der Waals surface area contributed by atoms with Crippen molar-refractivity contribution in [3.05, 3.63) is 71.4 Å². The predicted octanol–water partition coefficient (Wildman–Crippen LogP) is 4.58. The number of likely N-dealkylation sites (tertiary alicyclic amines) is 2. The average molecular weight is 488 g/mol. The molecule has 6 heteroatoms. The van der Waals surface area contributed by atoms with Crippen LogP contribution in [0.4, 0.5) is 0 Å². The molecule has 0 atom stereocenters. The highest BCUT2D eigenvalue weighted by molar-refractivity contribution is 5.81. The summed E-state index contributed by atoms with van der Waals surface area (Å²) in [6.45, 7) is 8.77. The average Bonchev–Trinajstić information content (AvgIpc) is 3.50. The minimum atomic E-state index is -0.420. The molecule has 0 bridgehead atoms. The highest BCUT2D eigenvalue weighted by Gasteiger charge is 2.42. The van der Waals surface area contributed by atoms with E-state index in [0.29, 0.717) is 19.1 Å². The van der Waals surface area contributed by atoms with Crippen LogP contribution in [0.15, 0.2) is 54.6 Å². The maximum Gasteiger partial charge on any atom is 0.225 e. The number of hydrogen-bond acceptors (Lipinski definition) is 4. The van der Waals surface area contributed by atoms with E-state index in [1.54, 1.807) is 0 Å². The first kappa shape index (κ1) is 23.7. The Balaban J connectivity index is 1.10. The fourth-order valence-electron chi connectivity index (χ4n) is 6.22. The lowest BCUT2D eigenvalue weighted by Gasteiger charge is -2.40. The second-order valence-corrected chi connectivity index (χ2v) is 10.7. The van der Waals surface area contributed by atoms with Crippen LogP contribution in [0, 0.1) is 12.8 Å². The molecule has 6 nitrogen and oxygen atoms in total. The molecule has 4 heterocycles. The number of hydrogen-bond donors (Lipinski definition) is 0. The quantitative estimate of drug-likeness (QED) is 0.529. The molecule has 3 fully saturated rings. The fourth-order valence-corrected chi connectivity index (χ4v) is 6.22. The first-order chi connectivity index (χ1) is 17.6. The van der Waals surface area contributed by atoms with E-state index in [2.05, 4.69) is 75.9 Å². The highest BCUT2D eigenvalue weighted by atomic mass is 16.7. The summed E-state index contributed by atoms with van der Waals surface area (Å²) in [5.74, 6) is 0.0476. The normalized spacial score (nSPS) is 21.0. The number of rotatable bonds is 5. The maximum absolute atomic E-state index is 13.2. The number of para-hydroxylation sites is 1. The molecule has 2 aromatic carbocycles. The van der Waals surface area contributed by atoms with Crippen molar-refractivity contribution < 1.29 is 14.3 Å². The number of benzene rings is 2. The Bertz CT molecular complexity index is 1210. The van der Waals surface area contributed by atoms with Gasteiger partial charge < -0.3 is 18.9 Å². The molecule has 1 spiro atoms. The van der Waals surface area contributed by atoms with Crippen molar-refractivity contribution in [3.8, 4) is 0 Å². The summed E-state index contributed by atoms with van der Waals surface area (Å²) in [4.78, 5) is 17.8. The van der Waals surface area contributed by atoms with E-state index in [-0.39, 0.29) is 5.92 Å². The zero-order chi connectivity index (χ0) is 24.5. The van der Waals surface area contributed by atoms with Crippen molar-refractivity contribution in [1.29, 1.82) is 0 Å². The van der Waals surface area contributed by atoms with Gasteiger partial charge in [0.2, 0.25) is 5.91 Å². The lowest BCUT2D eigenvalue weighted by atomic mass is 9.93. The number of piperidine rings is 2. The summed E-state index contributed by atoms with van der Waals surface area (Å²) in [6.07, 6.45) is 3.46. The molecule has 0 aliphatic carbocycles. The van der Waals surface area contributed by atoms with Gasteiger partial charge in [0.05, 0.1) is 13.2 Å². The summed E-state index contributed by atoms with van der Waals surface area (Å²) < 4.78 is 14.1. The Hall–Kier alpha value is -2.67. The van der Waals surface area contributed by atoms with Crippen molar-refractivity contribution in [3.63, 3.8) is 0 Å². The van der Waals surface area contributed by atoms with E-state index in [4.69, 9.17) is 9.47 Å². The lowest BCUT2D eigenvalue weighted by molar-refractivity contribution is -0.188. The van der Waals surface area contributed by atoms with Gasteiger partial charge in [-0.05, 0) is 61.5 Å². The first-order valence-electron chi connectivity index (χ1n) is 13.5. The Morgan fingerprint density at radius 2 is 1.61 bits per heavy atom. The zero-order valence-electron chi connectivity index (χ0n) is 21.3. The second kappa shape index (κ2) is 10.0. The highest BCUT2D eigenvalue weighted by Crippen LogP contribution is 2.33. The number of aryl methyl sites for hydroxylation is 1. The molecule has 0 N–H and O–H groups in total. The minimum Gasteiger partial charge on any atom is -0.347 e. The third kappa shape index (κ3) is 4.70. The number of aromatic nitrogens is 1. The minimum absolute atomic E-state index is 0.138. The molecular weight excluding hydrogens is 450 g/mol. The molecule has 1 amide bonds. The van der Waals surface area contributed by atoms with Gasteiger partial charge in [-0.1, -0.05) is 42.5 Å². The van der Waals surface area contributed by atoms with Gasteiger partial charge in [-0.3, -0.25) is 9.69 Å². The largest absolute Gasteiger partial charge is 0.347 e. The summed E-state index contributed by atoms with van der Waals surface area (Å²) in [5, 5.41) is 1.30. The van der Waals surface area contributed by atoms with E-state index in [0.717, 1.165) is 65.0 Å². The fraction of sp³-hybridized carbons (Fsp3) is 0.500. The van der Waals surface area contributed by atoms with Crippen molar-refractivity contribution in [2.45, 2.75) is 51.5 Å². The van der Waals surface area contributed by atoms with E-state index in [1.807, 2.05) is 0 Å². The standard InChI is InChI=1S/C30H37N3O3/c1-23-6-2-3-8-26(23)21-33-27(20-25-7-4-5-9-28(25)33)22-31-14-10-24(11-15-31)29(34)32-16-12-30(13-17-32)35-18-19-36-30/h2-9,20,24H,10-19,21-22H2,1H3. The molecule has 0 saturated carbocycles. The van der Waals surface area contributed by atoms with Gasteiger partial charge in [-0.2, -0.15) is 0 Å². The third-order valence-corrected chi connectivity index (χ3v) is 8.46. The number of amides is 1. The van der Waals surface area contributed by atoms with Crippen LogP contribution in [-0.2, 0) is 27.4 Å². The van der Waals surface area contributed by atoms with Crippen LogP contribution in [-0.4, -0.2) is 65.5 Å². The summed E-state index contributed by atoms with van der Waals surface area (Å²) >= 11 is 0. The number of fused-ring (bicyclic) bond motifs is 1. The van der Waals surface area contributed by atoms with E-state index in [1.165, 1.54) is 27.7 Å². The summed E-state index contributed by atoms with van der Waals surface area (Å²) in [6, 6.07) is 19.7.